The SMILES string of the molecule is C[C@@H](CC(=N)CCc1ccc(F)cc1)NC(=O)NC12CC3CC(CC(C3)C1)C2. The van der Waals surface area contributed by atoms with Crippen molar-refractivity contribution in [1.82, 2.24) is 10.6 Å². The molecule has 4 aliphatic carbocycles. The Morgan fingerprint density at radius 3 is 2.29 bits per heavy atom. The van der Waals surface area contributed by atoms with Crippen molar-refractivity contribution >= 4 is 11.7 Å². The fourth-order valence-electron chi connectivity index (χ4n) is 6.23. The van der Waals surface area contributed by atoms with Gasteiger partial charge in [0.05, 0.1) is 0 Å². The number of aryl methyl sites for hydroxylation is 1. The van der Waals surface area contributed by atoms with Gasteiger partial charge < -0.3 is 16.0 Å². The molecule has 0 aromatic heterocycles. The molecule has 5 heteroatoms. The molecular formula is C23H32FN3O. The average molecular weight is 386 g/mol. The Morgan fingerprint density at radius 1 is 1.14 bits per heavy atom. The first-order valence-corrected chi connectivity index (χ1v) is 10.8. The summed E-state index contributed by atoms with van der Waals surface area (Å²) in [5.41, 5.74) is 1.67. The van der Waals surface area contributed by atoms with Gasteiger partial charge in [-0.15, -0.1) is 0 Å². The number of urea groups is 1. The third-order valence-corrected chi connectivity index (χ3v) is 6.98. The van der Waals surface area contributed by atoms with E-state index < -0.39 is 0 Å². The molecule has 4 bridgehead atoms. The lowest BCUT2D eigenvalue weighted by atomic mass is 9.53. The standard InChI is InChI=1S/C23H32FN3O/c1-15(8-21(25)7-4-16-2-5-20(24)6-3-16)26-22(28)27-23-12-17-9-18(13-23)11-19(10-17)14-23/h2-3,5-6,15,17-19,25H,4,7-14H2,1H3,(H2,26,27,28)/t15-,17?,18?,19?,23?/m0/s1. The molecule has 4 fully saturated rings. The first-order valence-electron chi connectivity index (χ1n) is 10.8. The van der Waals surface area contributed by atoms with E-state index >= 15 is 0 Å². The first-order chi connectivity index (χ1) is 13.4. The normalized spacial score (nSPS) is 31.4. The zero-order chi connectivity index (χ0) is 19.7. The van der Waals surface area contributed by atoms with E-state index in [1.807, 2.05) is 6.92 Å². The van der Waals surface area contributed by atoms with Crippen LogP contribution in [0.2, 0.25) is 0 Å². The van der Waals surface area contributed by atoms with Crippen LogP contribution in [0.4, 0.5) is 9.18 Å². The molecule has 0 unspecified atom stereocenters. The Hall–Kier alpha value is -1.91. The van der Waals surface area contributed by atoms with Gasteiger partial charge in [0.1, 0.15) is 5.82 Å². The zero-order valence-corrected chi connectivity index (χ0v) is 16.8. The second-order valence-corrected chi connectivity index (χ2v) is 9.63. The van der Waals surface area contributed by atoms with Gasteiger partial charge >= 0.3 is 6.03 Å². The van der Waals surface area contributed by atoms with E-state index in [9.17, 15) is 9.18 Å². The van der Waals surface area contributed by atoms with Gasteiger partial charge in [-0.1, -0.05) is 12.1 Å². The number of hydrogen-bond donors (Lipinski definition) is 3. The summed E-state index contributed by atoms with van der Waals surface area (Å²) in [6.45, 7) is 1.96. The van der Waals surface area contributed by atoms with Crippen LogP contribution in [0.1, 0.15) is 63.9 Å². The molecule has 1 atom stereocenters. The summed E-state index contributed by atoms with van der Waals surface area (Å²) in [5, 5.41) is 14.6. The molecule has 28 heavy (non-hydrogen) atoms. The van der Waals surface area contributed by atoms with Gasteiger partial charge in [0.15, 0.2) is 0 Å². The van der Waals surface area contributed by atoms with Crippen molar-refractivity contribution in [2.24, 2.45) is 17.8 Å². The Morgan fingerprint density at radius 2 is 1.71 bits per heavy atom. The van der Waals surface area contributed by atoms with Crippen molar-refractivity contribution < 1.29 is 9.18 Å². The molecule has 4 saturated carbocycles. The highest BCUT2D eigenvalue weighted by atomic mass is 19.1. The average Bonchev–Trinajstić information content (AvgIpc) is 2.59. The predicted molar refractivity (Wildman–Crippen MR) is 109 cm³/mol. The topological polar surface area (TPSA) is 65.0 Å². The number of nitrogens with one attached hydrogen (secondary N) is 3. The summed E-state index contributed by atoms with van der Waals surface area (Å²) in [7, 11) is 0. The molecule has 3 N–H and O–H groups in total. The van der Waals surface area contributed by atoms with Crippen LogP contribution in [0.15, 0.2) is 24.3 Å². The minimum Gasteiger partial charge on any atom is -0.335 e. The van der Waals surface area contributed by atoms with Crippen LogP contribution < -0.4 is 10.6 Å². The van der Waals surface area contributed by atoms with Crippen LogP contribution >= 0.6 is 0 Å². The van der Waals surface area contributed by atoms with Gasteiger partial charge in [-0.25, -0.2) is 9.18 Å². The fraction of sp³-hybridized carbons (Fsp3) is 0.652. The lowest BCUT2D eigenvalue weighted by Crippen LogP contribution is -2.62. The molecule has 4 aliphatic rings. The van der Waals surface area contributed by atoms with Crippen LogP contribution in [0, 0.1) is 29.0 Å². The molecule has 0 spiro atoms. The number of halogens is 1. The number of carbonyl (C=O) groups is 1. The Balaban J connectivity index is 1.21. The first kappa shape index (κ1) is 19.4. The van der Waals surface area contributed by atoms with E-state index in [-0.39, 0.29) is 23.4 Å². The van der Waals surface area contributed by atoms with Crippen molar-refractivity contribution in [1.29, 1.82) is 5.41 Å². The smallest absolute Gasteiger partial charge is 0.315 e. The number of rotatable bonds is 7. The number of benzene rings is 1. The Labute approximate surface area is 167 Å². The molecule has 1 aromatic carbocycles. The van der Waals surface area contributed by atoms with Crippen LogP contribution in [0.3, 0.4) is 0 Å². The molecule has 2 amide bonds. The maximum atomic E-state index is 13.0. The molecule has 4 nitrogen and oxygen atoms in total. The van der Waals surface area contributed by atoms with Gasteiger partial charge in [-0.05, 0) is 93.7 Å². The van der Waals surface area contributed by atoms with Gasteiger partial charge in [-0.3, -0.25) is 0 Å². The minimum atomic E-state index is -0.235. The summed E-state index contributed by atoms with van der Waals surface area (Å²) in [4.78, 5) is 12.6. The molecule has 5 rings (SSSR count). The third-order valence-electron chi connectivity index (χ3n) is 6.98. The molecule has 1 aromatic rings. The van der Waals surface area contributed by atoms with Crippen LogP contribution in [0.5, 0.6) is 0 Å². The summed E-state index contributed by atoms with van der Waals surface area (Å²) >= 11 is 0. The highest BCUT2D eigenvalue weighted by Crippen LogP contribution is 2.55. The molecule has 152 valence electrons. The fourth-order valence-corrected chi connectivity index (χ4v) is 6.23. The van der Waals surface area contributed by atoms with Crippen molar-refractivity contribution in [2.45, 2.75) is 76.3 Å². The van der Waals surface area contributed by atoms with Gasteiger partial charge in [0.25, 0.3) is 0 Å². The van der Waals surface area contributed by atoms with E-state index in [0.717, 1.165) is 49.0 Å². The monoisotopic (exact) mass is 385 g/mol. The van der Waals surface area contributed by atoms with Gasteiger partial charge in [-0.2, -0.15) is 0 Å². The Kier molecular flexibility index (Phi) is 5.44. The van der Waals surface area contributed by atoms with E-state index in [4.69, 9.17) is 5.41 Å². The van der Waals surface area contributed by atoms with Crippen LogP contribution in [0.25, 0.3) is 0 Å². The van der Waals surface area contributed by atoms with E-state index in [2.05, 4.69) is 10.6 Å². The zero-order valence-electron chi connectivity index (χ0n) is 16.8. The number of carbonyl (C=O) groups excluding carboxylic acids is 1. The van der Waals surface area contributed by atoms with Crippen molar-refractivity contribution in [3.8, 4) is 0 Å². The lowest BCUT2D eigenvalue weighted by molar-refractivity contribution is -0.0136. The predicted octanol–water partition coefficient (Wildman–Crippen LogP) is 4.82. The van der Waals surface area contributed by atoms with Gasteiger partial charge in [0.2, 0.25) is 0 Å². The second kappa shape index (κ2) is 7.84. The van der Waals surface area contributed by atoms with Gasteiger partial charge in [0, 0.05) is 23.7 Å². The quantitative estimate of drug-likeness (QED) is 0.579. The highest BCUT2D eigenvalue weighted by Gasteiger charge is 2.51. The van der Waals surface area contributed by atoms with Crippen LogP contribution in [-0.4, -0.2) is 23.3 Å². The summed E-state index contributed by atoms with van der Waals surface area (Å²) in [6.07, 6.45) is 9.45. The molecule has 0 radical (unpaired) electrons. The lowest BCUT2D eigenvalue weighted by Gasteiger charge is -2.56. The van der Waals surface area contributed by atoms with E-state index in [1.165, 1.54) is 31.4 Å². The largest absolute Gasteiger partial charge is 0.335 e. The third kappa shape index (κ3) is 4.56. The summed E-state index contributed by atoms with van der Waals surface area (Å²) < 4.78 is 13.0. The van der Waals surface area contributed by atoms with E-state index in [1.54, 1.807) is 12.1 Å². The molecule has 0 heterocycles. The maximum absolute atomic E-state index is 13.0. The van der Waals surface area contributed by atoms with Crippen molar-refractivity contribution in [2.75, 3.05) is 0 Å². The molecular weight excluding hydrogens is 353 g/mol. The second-order valence-electron chi connectivity index (χ2n) is 9.63. The highest BCUT2D eigenvalue weighted by molar-refractivity contribution is 5.83. The molecule has 0 aliphatic heterocycles. The van der Waals surface area contributed by atoms with E-state index in [0.29, 0.717) is 18.6 Å². The minimum absolute atomic E-state index is 0.0225. The number of hydrogen-bond acceptors (Lipinski definition) is 2. The number of amides is 2. The molecule has 0 saturated heterocycles. The van der Waals surface area contributed by atoms with Crippen molar-refractivity contribution in [3.63, 3.8) is 0 Å². The Bertz CT molecular complexity index is 695. The van der Waals surface area contributed by atoms with Crippen LogP contribution in [-0.2, 0) is 6.42 Å². The maximum Gasteiger partial charge on any atom is 0.315 e. The summed E-state index contributed by atoms with van der Waals surface area (Å²) in [5.74, 6) is 2.19. The van der Waals surface area contributed by atoms with Crippen molar-refractivity contribution in [3.05, 3.63) is 35.6 Å². The summed E-state index contributed by atoms with van der Waals surface area (Å²) in [6, 6.07) is 6.32.